The number of rotatable bonds is 4. The van der Waals surface area contributed by atoms with Crippen LogP contribution in [0.25, 0.3) is 0 Å². The van der Waals surface area contributed by atoms with Crippen LogP contribution in [0, 0.1) is 0 Å². The molecule has 3 rings (SSSR count). The Balaban J connectivity index is 2.13. The minimum atomic E-state index is -1.01. The van der Waals surface area contributed by atoms with E-state index in [-0.39, 0.29) is 17.4 Å². The van der Waals surface area contributed by atoms with Gasteiger partial charge in [-0.05, 0) is 54.7 Å². The second kappa shape index (κ2) is 7.37. The summed E-state index contributed by atoms with van der Waals surface area (Å²) in [6.07, 6.45) is 10.5. The number of benzene rings is 1. The number of hydrogen-bond donors (Lipinski definition) is 2. The van der Waals surface area contributed by atoms with Crippen molar-refractivity contribution in [2.75, 3.05) is 0 Å². The third kappa shape index (κ3) is 3.33. The molecule has 0 bridgehead atoms. The molecule has 2 aliphatic rings. The molecule has 1 aromatic rings. The molecule has 0 radical (unpaired) electrons. The first-order valence-corrected chi connectivity index (χ1v) is 9.23. The maximum Gasteiger partial charge on any atom is 0.336 e. The van der Waals surface area contributed by atoms with Crippen LogP contribution in [-0.2, 0) is 0 Å². The maximum atomic E-state index is 12.1. The van der Waals surface area contributed by atoms with Crippen molar-refractivity contribution < 1.29 is 19.8 Å². The van der Waals surface area contributed by atoms with Crippen LogP contribution in [0.2, 0.25) is 0 Å². The Labute approximate surface area is 142 Å². The van der Waals surface area contributed by atoms with Gasteiger partial charge in [0.15, 0.2) is 0 Å². The molecule has 0 heterocycles. The van der Waals surface area contributed by atoms with Gasteiger partial charge in [-0.15, -0.1) is 0 Å². The highest BCUT2D eigenvalue weighted by molar-refractivity contribution is 5.98. The van der Waals surface area contributed by atoms with Crippen molar-refractivity contribution in [3.05, 3.63) is 34.4 Å². The number of carbonyl (C=O) groups is 2. The van der Waals surface area contributed by atoms with Gasteiger partial charge in [0.05, 0.1) is 11.1 Å². The van der Waals surface area contributed by atoms with E-state index in [0.717, 1.165) is 63.4 Å². The van der Waals surface area contributed by atoms with Crippen molar-refractivity contribution in [2.24, 2.45) is 0 Å². The molecule has 1 aromatic carbocycles. The smallest absolute Gasteiger partial charge is 0.336 e. The third-order valence-electron chi connectivity index (χ3n) is 5.78. The Morgan fingerprint density at radius 3 is 1.79 bits per heavy atom. The summed E-state index contributed by atoms with van der Waals surface area (Å²) in [4.78, 5) is 23.8. The highest BCUT2D eigenvalue weighted by Gasteiger charge is 2.31. The Kier molecular flexibility index (Phi) is 5.22. The normalized spacial score (nSPS) is 20.0. The van der Waals surface area contributed by atoms with Gasteiger partial charge in [-0.25, -0.2) is 9.59 Å². The number of carboxylic acids is 2. The van der Waals surface area contributed by atoms with E-state index in [1.54, 1.807) is 12.1 Å². The summed E-state index contributed by atoms with van der Waals surface area (Å²) in [5, 5.41) is 19.5. The zero-order chi connectivity index (χ0) is 17.1. The molecular formula is C20H26O4. The number of aromatic carboxylic acids is 2. The predicted octanol–water partition coefficient (Wildman–Crippen LogP) is 5.18. The van der Waals surface area contributed by atoms with Gasteiger partial charge >= 0.3 is 11.9 Å². The van der Waals surface area contributed by atoms with Gasteiger partial charge in [-0.1, -0.05) is 44.6 Å². The molecule has 2 saturated carbocycles. The van der Waals surface area contributed by atoms with Crippen LogP contribution in [0.1, 0.15) is 108 Å². The molecule has 2 aliphatic carbocycles. The Morgan fingerprint density at radius 2 is 1.29 bits per heavy atom. The summed E-state index contributed by atoms with van der Waals surface area (Å²) in [6.45, 7) is 0. The fourth-order valence-electron chi connectivity index (χ4n) is 4.63. The van der Waals surface area contributed by atoms with Crippen LogP contribution in [0.15, 0.2) is 12.1 Å². The first-order chi connectivity index (χ1) is 11.6. The molecule has 0 atom stereocenters. The highest BCUT2D eigenvalue weighted by atomic mass is 16.4. The van der Waals surface area contributed by atoms with E-state index in [4.69, 9.17) is 0 Å². The van der Waals surface area contributed by atoms with E-state index in [1.807, 2.05) is 0 Å². The second-order valence-electron chi connectivity index (χ2n) is 7.27. The molecular weight excluding hydrogens is 304 g/mol. The van der Waals surface area contributed by atoms with Crippen molar-refractivity contribution in [1.29, 1.82) is 0 Å². The van der Waals surface area contributed by atoms with Crippen LogP contribution in [0.4, 0.5) is 0 Å². The lowest BCUT2D eigenvalue weighted by Gasteiger charge is -2.29. The quantitative estimate of drug-likeness (QED) is 0.798. The van der Waals surface area contributed by atoms with E-state index in [2.05, 4.69) is 0 Å². The van der Waals surface area contributed by atoms with E-state index in [1.165, 1.54) is 6.42 Å². The van der Waals surface area contributed by atoms with Crippen LogP contribution < -0.4 is 0 Å². The van der Waals surface area contributed by atoms with Crippen molar-refractivity contribution >= 4 is 11.9 Å². The molecule has 0 aliphatic heterocycles. The zero-order valence-corrected chi connectivity index (χ0v) is 14.1. The lowest BCUT2D eigenvalue weighted by Crippen LogP contribution is -2.20. The summed E-state index contributed by atoms with van der Waals surface area (Å²) in [5.41, 5.74) is 1.96. The van der Waals surface area contributed by atoms with Gasteiger partial charge in [0.1, 0.15) is 0 Å². The van der Waals surface area contributed by atoms with Crippen molar-refractivity contribution in [3.8, 4) is 0 Å². The van der Waals surface area contributed by atoms with Gasteiger partial charge < -0.3 is 10.2 Å². The molecule has 0 amide bonds. The standard InChI is InChI=1S/C20H26O4/c21-19(22)16-12-11-15(13-7-3-1-4-8-13)18(20(23)24)17(16)14-9-5-2-6-10-14/h11-14H,1-10H2,(H,21,22)(H,23,24). The monoisotopic (exact) mass is 330 g/mol. The second-order valence-corrected chi connectivity index (χ2v) is 7.27. The molecule has 4 nitrogen and oxygen atoms in total. The highest BCUT2D eigenvalue weighted by Crippen LogP contribution is 2.41. The third-order valence-corrected chi connectivity index (χ3v) is 5.78. The van der Waals surface area contributed by atoms with Gasteiger partial charge in [-0.2, -0.15) is 0 Å². The minimum Gasteiger partial charge on any atom is -0.478 e. The van der Waals surface area contributed by atoms with Crippen LogP contribution in [-0.4, -0.2) is 22.2 Å². The Morgan fingerprint density at radius 1 is 0.750 bits per heavy atom. The number of carboxylic acid groups (broad SMARTS) is 2. The van der Waals surface area contributed by atoms with Gasteiger partial charge in [0.2, 0.25) is 0 Å². The fraction of sp³-hybridized carbons (Fsp3) is 0.600. The SMILES string of the molecule is O=C(O)c1ccc(C2CCCCC2)c(C(=O)O)c1C1CCCCC1. The molecule has 24 heavy (non-hydrogen) atoms. The molecule has 2 fully saturated rings. The van der Waals surface area contributed by atoms with Gasteiger partial charge in [0, 0.05) is 0 Å². The molecule has 4 heteroatoms. The molecule has 130 valence electrons. The lowest BCUT2D eigenvalue weighted by atomic mass is 9.75. The fourth-order valence-corrected chi connectivity index (χ4v) is 4.63. The summed E-state index contributed by atoms with van der Waals surface area (Å²) in [7, 11) is 0. The summed E-state index contributed by atoms with van der Waals surface area (Å²) in [5.74, 6) is -1.64. The van der Waals surface area contributed by atoms with Crippen LogP contribution in [0.5, 0.6) is 0 Å². The van der Waals surface area contributed by atoms with E-state index in [9.17, 15) is 19.8 Å². The molecule has 0 unspecified atom stereocenters. The van der Waals surface area contributed by atoms with Crippen molar-refractivity contribution in [3.63, 3.8) is 0 Å². The zero-order valence-electron chi connectivity index (χ0n) is 14.1. The van der Waals surface area contributed by atoms with Gasteiger partial charge in [0.25, 0.3) is 0 Å². The summed E-state index contributed by atoms with van der Waals surface area (Å²) in [6, 6.07) is 3.43. The van der Waals surface area contributed by atoms with Gasteiger partial charge in [-0.3, -0.25) is 0 Å². The first-order valence-electron chi connectivity index (χ1n) is 9.23. The van der Waals surface area contributed by atoms with E-state index >= 15 is 0 Å². The topological polar surface area (TPSA) is 74.6 Å². The Hall–Kier alpha value is -1.84. The van der Waals surface area contributed by atoms with E-state index < -0.39 is 11.9 Å². The maximum absolute atomic E-state index is 12.1. The average Bonchev–Trinajstić information content (AvgIpc) is 2.61. The predicted molar refractivity (Wildman–Crippen MR) is 92.0 cm³/mol. The molecule has 0 saturated heterocycles. The average molecular weight is 330 g/mol. The molecule has 2 N–H and O–H groups in total. The minimum absolute atomic E-state index is 0.0690. The van der Waals surface area contributed by atoms with Crippen LogP contribution >= 0.6 is 0 Å². The molecule has 0 aromatic heterocycles. The molecule has 0 spiro atoms. The largest absolute Gasteiger partial charge is 0.478 e. The number of hydrogen-bond acceptors (Lipinski definition) is 2. The first kappa shape index (κ1) is 17.0. The lowest BCUT2D eigenvalue weighted by molar-refractivity contribution is 0.0691. The van der Waals surface area contributed by atoms with Crippen molar-refractivity contribution in [2.45, 2.75) is 76.0 Å². The summed E-state index contributed by atoms with van der Waals surface area (Å²) >= 11 is 0. The van der Waals surface area contributed by atoms with Crippen molar-refractivity contribution in [1.82, 2.24) is 0 Å². The van der Waals surface area contributed by atoms with E-state index in [0.29, 0.717) is 11.1 Å². The Bertz CT molecular complexity index is 623. The summed E-state index contributed by atoms with van der Waals surface area (Å²) < 4.78 is 0. The van der Waals surface area contributed by atoms with Crippen LogP contribution in [0.3, 0.4) is 0 Å².